The fourth-order valence-electron chi connectivity index (χ4n) is 3.45. The Bertz CT molecular complexity index is 671. The number of sulfonamides is 1. The molecule has 152 valence electrons. The van der Waals surface area contributed by atoms with Crippen LogP contribution in [0.1, 0.15) is 44.6 Å². The summed E-state index contributed by atoms with van der Waals surface area (Å²) in [5, 5.41) is 0. The van der Waals surface area contributed by atoms with Crippen molar-refractivity contribution in [1.82, 2.24) is 9.21 Å². The Morgan fingerprint density at radius 1 is 1.19 bits per heavy atom. The normalized spacial score (nSPS) is 16.4. The molecule has 0 unspecified atom stereocenters. The lowest BCUT2D eigenvalue weighted by Gasteiger charge is -2.34. The highest BCUT2D eigenvalue weighted by molar-refractivity contribution is 7.89. The molecule has 1 fully saturated rings. The molecule has 0 aliphatic carbocycles. The number of carbonyl (C=O) groups excluding carboxylic acids is 1. The van der Waals surface area contributed by atoms with Gasteiger partial charge in [-0.05, 0) is 37.8 Å². The van der Waals surface area contributed by atoms with Crippen LogP contribution in [0.15, 0.2) is 30.3 Å². The maximum absolute atomic E-state index is 13.1. The third-order valence-electron chi connectivity index (χ3n) is 5.11. The summed E-state index contributed by atoms with van der Waals surface area (Å²) < 4.78 is 26.3. The Morgan fingerprint density at radius 3 is 2.44 bits per heavy atom. The van der Waals surface area contributed by atoms with Crippen LogP contribution in [0.3, 0.4) is 0 Å². The third-order valence-corrected chi connectivity index (χ3v) is 7.07. The maximum Gasteiger partial charge on any atom is 0.226 e. The molecule has 1 aromatic carbocycles. The zero-order valence-electron chi connectivity index (χ0n) is 16.3. The Labute approximate surface area is 163 Å². The van der Waals surface area contributed by atoms with Crippen molar-refractivity contribution in [2.75, 3.05) is 31.9 Å². The fourth-order valence-corrected chi connectivity index (χ4v) is 5.13. The molecule has 1 aliphatic rings. The van der Waals surface area contributed by atoms with Crippen molar-refractivity contribution in [1.29, 1.82) is 0 Å². The lowest BCUT2D eigenvalue weighted by molar-refractivity contribution is -0.137. The Morgan fingerprint density at radius 2 is 1.85 bits per heavy atom. The Balaban J connectivity index is 1.96. The van der Waals surface area contributed by atoms with Gasteiger partial charge in [-0.15, -0.1) is 0 Å². The molecule has 1 saturated heterocycles. The first-order chi connectivity index (χ1) is 13.0. The van der Waals surface area contributed by atoms with Gasteiger partial charge in [0.15, 0.2) is 0 Å². The summed E-state index contributed by atoms with van der Waals surface area (Å²) in [5.74, 6) is 0.223. The summed E-state index contributed by atoms with van der Waals surface area (Å²) in [5.41, 5.74) is 6.74. The largest absolute Gasteiger partial charge is 0.338 e. The molecule has 7 heteroatoms. The van der Waals surface area contributed by atoms with Gasteiger partial charge in [0.25, 0.3) is 0 Å². The summed E-state index contributed by atoms with van der Waals surface area (Å²) in [6.07, 6.45) is 3.51. The van der Waals surface area contributed by atoms with E-state index in [1.807, 2.05) is 42.2 Å². The SMILES string of the molecule is CCCCS(=O)(=O)N1CCC(C(=O)N(CCCN)Cc2ccccc2)CC1. The van der Waals surface area contributed by atoms with Crippen molar-refractivity contribution in [3.63, 3.8) is 0 Å². The van der Waals surface area contributed by atoms with Gasteiger partial charge in [-0.25, -0.2) is 12.7 Å². The molecule has 1 aromatic rings. The van der Waals surface area contributed by atoms with Crippen LogP contribution in [0.5, 0.6) is 0 Å². The zero-order chi connectivity index (χ0) is 19.7. The highest BCUT2D eigenvalue weighted by Gasteiger charge is 2.32. The monoisotopic (exact) mass is 395 g/mol. The molecule has 0 atom stereocenters. The smallest absolute Gasteiger partial charge is 0.226 e. The summed E-state index contributed by atoms with van der Waals surface area (Å²) in [6.45, 7) is 4.64. The molecule has 1 heterocycles. The number of hydrogen-bond donors (Lipinski definition) is 1. The van der Waals surface area contributed by atoms with Gasteiger partial charge < -0.3 is 10.6 Å². The van der Waals surface area contributed by atoms with E-state index < -0.39 is 10.0 Å². The van der Waals surface area contributed by atoms with Crippen LogP contribution in [-0.2, 0) is 21.4 Å². The number of nitrogens with two attached hydrogens (primary N) is 1. The third kappa shape index (κ3) is 6.59. The van der Waals surface area contributed by atoms with E-state index in [-0.39, 0.29) is 17.6 Å². The minimum absolute atomic E-state index is 0.107. The van der Waals surface area contributed by atoms with E-state index in [1.54, 1.807) is 4.31 Å². The predicted molar refractivity (Wildman–Crippen MR) is 109 cm³/mol. The number of hydrogen-bond acceptors (Lipinski definition) is 4. The average molecular weight is 396 g/mol. The van der Waals surface area contributed by atoms with Crippen LogP contribution < -0.4 is 5.73 Å². The van der Waals surface area contributed by atoms with Crippen molar-refractivity contribution < 1.29 is 13.2 Å². The van der Waals surface area contributed by atoms with E-state index in [2.05, 4.69) is 0 Å². The summed E-state index contributed by atoms with van der Waals surface area (Å²) in [7, 11) is -3.19. The van der Waals surface area contributed by atoms with Gasteiger partial charge in [0.1, 0.15) is 0 Å². The van der Waals surface area contributed by atoms with E-state index in [0.717, 1.165) is 18.4 Å². The molecule has 1 aliphatic heterocycles. The fraction of sp³-hybridized carbons (Fsp3) is 0.650. The standard InChI is InChI=1S/C20H33N3O3S/c1-2-3-16-27(25,26)23-14-10-19(11-15-23)20(24)22(13-7-12-21)17-18-8-5-4-6-9-18/h4-6,8-9,19H,2-3,7,10-17,21H2,1H3. The molecule has 27 heavy (non-hydrogen) atoms. The summed E-state index contributed by atoms with van der Waals surface area (Å²) >= 11 is 0. The molecule has 0 saturated carbocycles. The minimum atomic E-state index is -3.19. The van der Waals surface area contributed by atoms with Crippen LogP contribution in [0.25, 0.3) is 0 Å². The number of carbonyl (C=O) groups is 1. The van der Waals surface area contributed by atoms with Crippen molar-refractivity contribution in [2.45, 2.75) is 45.6 Å². The Hall–Kier alpha value is -1.44. The molecular formula is C20H33N3O3S. The lowest BCUT2D eigenvalue weighted by Crippen LogP contribution is -2.45. The van der Waals surface area contributed by atoms with Crippen LogP contribution in [-0.4, -0.2) is 55.5 Å². The number of amides is 1. The van der Waals surface area contributed by atoms with Crippen LogP contribution >= 0.6 is 0 Å². The van der Waals surface area contributed by atoms with Gasteiger partial charge in [-0.3, -0.25) is 4.79 Å². The number of unbranched alkanes of at least 4 members (excludes halogenated alkanes) is 1. The predicted octanol–water partition coefficient (Wildman–Crippen LogP) is 2.21. The minimum Gasteiger partial charge on any atom is -0.338 e. The number of nitrogens with zero attached hydrogens (tertiary/aromatic N) is 2. The van der Waals surface area contributed by atoms with Crippen LogP contribution in [0, 0.1) is 5.92 Å². The van der Waals surface area contributed by atoms with E-state index in [1.165, 1.54) is 0 Å². The second-order valence-corrected chi connectivity index (χ2v) is 9.32. The van der Waals surface area contributed by atoms with E-state index >= 15 is 0 Å². The van der Waals surface area contributed by atoms with Gasteiger partial charge in [-0.1, -0.05) is 43.7 Å². The first-order valence-corrected chi connectivity index (χ1v) is 11.6. The second-order valence-electron chi connectivity index (χ2n) is 7.23. The molecule has 6 nitrogen and oxygen atoms in total. The van der Waals surface area contributed by atoms with Crippen molar-refractivity contribution in [3.05, 3.63) is 35.9 Å². The van der Waals surface area contributed by atoms with Crippen LogP contribution in [0.4, 0.5) is 0 Å². The first-order valence-electron chi connectivity index (χ1n) is 9.98. The molecular weight excluding hydrogens is 362 g/mol. The average Bonchev–Trinajstić information content (AvgIpc) is 2.70. The van der Waals surface area contributed by atoms with E-state index in [9.17, 15) is 13.2 Å². The van der Waals surface area contributed by atoms with Crippen molar-refractivity contribution in [3.8, 4) is 0 Å². The molecule has 0 bridgehead atoms. The van der Waals surface area contributed by atoms with Gasteiger partial charge in [0, 0.05) is 32.1 Å². The molecule has 0 radical (unpaired) electrons. The van der Waals surface area contributed by atoms with Crippen molar-refractivity contribution >= 4 is 15.9 Å². The van der Waals surface area contributed by atoms with Crippen LogP contribution in [0.2, 0.25) is 0 Å². The van der Waals surface area contributed by atoms with Gasteiger partial charge >= 0.3 is 0 Å². The topological polar surface area (TPSA) is 83.7 Å². The van der Waals surface area contributed by atoms with E-state index in [0.29, 0.717) is 52.0 Å². The lowest BCUT2D eigenvalue weighted by atomic mass is 9.96. The highest BCUT2D eigenvalue weighted by Crippen LogP contribution is 2.23. The summed E-state index contributed by atoms with van der Waals surface area (Å²) in [4.78, 5) is 14.9. The number of benzene rings is 1. The quantitative estimate of drug-likeness (QED) is 0.658. The zero-order valence-corrected chi connectivity index (χ0v) is 17.2. The van der Waals surface area contributed by atoms with Gasteiger partial charge in [-0.2, -0.15) is 0 Å². The number of rotatable bonds is 10. The second kappa shape index (κ2) is 10.8. The number of piperidine rings is 1. The first kappa shape index (κ1) is 21.9. The van der Waals surface area contributed by atoms with E-state index in [4.69, 9.17) is 5.73 Å². The van der Waals surface area contributed by atoms with Gasteiger partial charge in [0.2, 0.25) is 15.9 Å². The van der Waals surface area contributed by atoms with Crippen molar-refractivity contribution in [2.24, 2.45) is 11.7 Å². The maximum atomic E-state index is 13.1. The molecule has 0 aromatic heterocycles. The molecule has 1 amide bonds. The molecule has 2 rings (SSSR count). The van der Waals surface area contributed by atoms with Gasteiger partial charge in [0.05, 0.1) is 5.75 Å². The highest BCUT2D eigenvalue weighted by atomic mass is 32.2. The molecule has 2 N–H and O–H groups in total. The molecule has 0 spiro atoms. The Kier molecular flexibility index (Phi) is 8.73. The summed E-state index contributed by atoms with van der Waals surface area (Å²) in [6, 6.07) is 9.95.